The molecule has 20 heavy (non-hydrogen) atoms. The van der Waals surface area contributed by atoms with Crippen LogP contribution in [0.15, 0.2) is 0 Å². The number of rotatable bonds is 15. The molecule has 0 aliphatic rings. The molecule has 0 unspecified atom stereocenters. The Hall–Kier alpha value is -0.120. The van der Waals surface area contributed by atoms with E-state index >= 15 is 0 Å². The molecule has 0 radical (unpaired) electrons. The maximum absolute atomic E-state index is 10.4. The number of ether oxygens (including phenoxy) is 2. The zero-order valence-electron chi connectivity index (χ0n) is 14.0. The van der Waals surface area contributed by atoms with Gasteiger partial charge < -0.3 is 14.6 Å². The monoisotopic (exact) mass is 288 g/mol. The minimum Gasteiger partial charge on any atom is -0.385 e. The number of aliphatic hydroxyl groups is 1. The standard InChI is InChI=1S/C17H36O3/c1-4-7-9-11-13-19-15-17(18,6-3)16-20-14-12-10-8-5-2/h18H,4-16H2,1-3H3. The molecule has 1 N–H and O–H groups in total. The molecule has 0 atom stereocenters. The second-order valence-corrected chi connectivity index (χ2v) is 5.80. The fraction of sp³-hybridized carbons (Fsp3) is 1.00. The summed E-state index contributed by atoms with van der Waals surface area (Å²) in [5, 5.41) is 10.4. The molecule has 0 aromatic carbocycles. The minimum atomic E-state index is -0.810. The van der Waals surface area contributed by atoms with E-state index in [4.69, 9.17) is 9.47 Å². The van der Waals surface area contributed by atoms with Crippen LogP contribution in [0.2, 0.25) is 0 Å². The summed E-state index contributed by atoms with van der Waals surface area (Å²) in [5.41, 5.74) is -0.810. The Morgan fingerprint density at radius 2 is 1.15 bits per heavy atom. The van der Waals surface area contributed by atoms with Gasteiger partial charge in [-0.05, 0) is 19.3 Å². The molecule has 0 aliphatic heterocycles. The lowest BCUT2D eigenvalue weighted by Crippen LogP contribution is -2.39. The van der Waals surface area contributed by atoms with Crippen molar-refractivity contribution in [2.24, 2.45) is 0 Å². The summed E-state index contributed by atoms with van der Waals surface area (Å²) in [6.07, 6.45) is 10.3. The van der Waals surface area contributed by atoms with Crippen LogP contribution in [0.1, 0.15) is 78.6 Å². The second-order valence-electron chi connectivity index (χ2n) is 5.80. The Morgan fingerprint density at radius 3 is 1.50 bits per heavy atom. The molecule has 0 saturated carbocycles. The Labute approximate surface area is 126 Å². The summed E-state index contributed by atoms with van der Waals surface area (Å²) >= 11 is 0. The third-order valence-electron chi connectivity index (χ3n) is 3.68. The summed E-state index contributed by atoms with van der Waals surface area (Å²) in [7, 11) is 0. The minimum absolute atomic E-state index is 0.393. The lowest BCUT2D eigenvalue weighted by molar-refractivity contribution is -0.0981. The van der Waals surface area contributed by atoms with Crippen molar-refractivity contribution >= 4 is 0 Å². The van der Waals surface area contributed by atoms with Crippen LogP contribution >= 0.6 is 0 Å². The second kappa shape index (κ2) is 13.8. The summed E-state index contributed by atoms with van der Waals surface area (Å²) in [4.78, 5) is 0. The van der Waals surface area contributed by atoms with Crippen molar-refractivity contribution in [2.45, 2.75) is 84.2 Å². The van der Waals surface area contributed by atoms with Gasteiger partial charge in [0.2, 0.25) is 0 Å². The highest BCUT2D eigenvalue weighted by molar-refractivity contribution is 4.75. The van der Waals surface area contributed by atoms with Crippen molar-refractivity contribution in [3.05, 3.63) is 0 Å². The van der Waals surface area contributed by atoms with Crippen LogP contribution in [0, 0.1) is 0 Å². The predicted molar refractivity (Wildman–Crippen MR) is 85.2 cm³/mol. The van der Waals surface area contributed by atoms with E-state index in [1.165, 1.54) is 38.5 Å². The smallest absolute Gasteiger partial charge is 0.111 e. The van der Waals surface area contributed by atoms with Crippen molar-refractivity contribution in [3.8, 4) is 0 Å². The first kappa shape index (κ1) is 19.9. The third-order valence-corrected chi connectivity index (χ3v) is 3.68. The normalized spacial score (nSPS) is 12.0. The molecule has 3 nitrogen and oxygen atoms in total. The van der Waals surface area contributed by atoms with Gasteiger partial charge in [-0.3, -0.25) is 0 Å². The summed E-state index contributed by atoms with van der Waals surface area (Å²) in [6.45, 7) is 8.68. The fourth-order valence-corrected chi connectivity index (χ4v) is 2.03. The van der Waals surface area contributed by atoms with E-state index in [2.05, 4.69) is 13.8 Å². The average molecular weight is 288 g/mol. The molecule has 0 saturated heterocycles. The Kier molecular flexibility index (Phi) is 13.8. The maximum atomic E-state index is 10.4. The van der Waals surface area contributed by atoms with E-state index in [1.54, 1.807) is 0 Å². The molecule has 0 fully saturated rings. The van der Waals surface area contributed by atoms with Crippen LogP contribution in [0.25, 0.3) is 0 Å². The van der Waals surface area contributed by atoms with Gasteiger partial charge in [-0.1, -0.05) is 59.3 Å². The lowest BCUT2D eigenvalue weighted by Gasteiger charge is -2.26. The highest BCUT2D eigenvalue weighted by Crippen LogP contribution is 2.12. The number of hydrogen-bond donors (Lipinski definition) is 1. The molecule has 0 heterocycles. The van der Waals surface area contributed by atoms with Gasteiger partial charge in [0.15, 0.2) is 0 Å². The third kappa shape index (κ3) is 11.7. The zero-order chi connectivity index (χ0) is 15.1. The van der Waals surface area contributed by atoms with Crippen LogP contribution in [-0.4, -0.2) is 37.1 Å². The molecule has 0 bridgehead atoms. The summed E-state index contributed by atoms with van der Waals surface area (Å²) in [5.74, 6) is 0. The van der Waals surface area contributed by atoms with E-state index in [0.29, 0.717) is 19.6 Å². The highest BCUT2D eigenvalue weighted by atomic mass is 16.5. The highest BCUT2D eigenvalue weighted by Gasteiger charge is 2.25. The van der Waals surface area contributed by atoms with E-state index in [9.17, 15) is 5.11 Å². The summed E-state index contributed by atoms with van der Waals surface area (Å²) < 4.78 is 11.2. The SMILES string of the molecule is CCCCCCOCC(O)(CC)COCCCCCC. The van der Waals surface area contributed by atoms with Crippen LogP contribution in [-0.2, 0) is 9.47 Å². The summed E-state index contributed by atoms with van der Waals surface area (Å²) in [6, 6.07) is 0. The van der Waals surface area contributed by atoms with Crippen molar-refractivity contribution in [2.75, 3.05) is 26.4 Å². The number of unbranched alkanes of at least 4 members (excludes halogenated alkanes) is 6. The van der Waals surface area contributed by atoms with E-state index in [-0.39, 0.29) is 0 Å². The zero-order valence-corrected chi connectivity index (χ0v) is 14.0. The van der Waals surface area contributed by atoms with Crippen LogP contribution in [0.3, 0.4) is 0 Å². The van der Waals surface area contributed by atoms with Gasteiger partial charge >= 0.3 is 0 Å². The van der Waals surface area contributed by atoms with E-state index in [0.717, 1.165) is 26.1 Å². The molecule has 0 aromatic rings. The molecule has 0 amide bonds. The van der Waals surface area contributed by atoms with Crippen molar-refractivity contribution < 1.29 is 14.6 Å². The van der Waals surface area contributed by atoms with Gasteiger partial charge in [-0.15, -0.1) is 0 Å². The van der Waals surface area contributed by atoms with Crippen molar-refractivity contribution in [3.63, 3.8) is 0 Å². The Balaban J connectivity index is 3.57. The fourth-order valence-electron chi connectivity index (χ4n) is 2.03. The molecule has 0 aromatic heterocycles. The quantitative estimate of drug-likeness (QED) is 0.456. The van der Waals surface area contributed by atoms with Gasteiger partial charge in [0.1, 0.15) is 5.60 Å². The van der Waals surface area contributed by atoms with Gasteiger partial charge in [0.05, 0.1) is 13.2 Å². The van der Waals surface area contributed by atoms with Crippen molar-refractivity contribution in [1.82, 2.24) is 0 Å². The topological polar surface area (TPSA) is 38.7 Å². The first-order valence-electron chi connectivity index (χ1n) is 8.56. The Bertz CT molecular complexity index is 179. The van der Waals surface area contributed by atoms with Gasteiger partial charge in [-0.25, -0.2) is 0 Å². The molecule has 0 spiro atoms. The molecular weight excluding hydrogens is 252 g/mol. The van der Waals surface area contributed by atoms with Gasteiger partial charge in [-0.2, -0.15) is 0 Å². The first-order chi connectivity index (χ1) is 9.68. The van der Waals surface area contributed by atoms with E-state index < -0.39 is 5.60 Å². The maximum Gasteiger partial charge on any atom is 0.111 e. The largest absolute Gasteiger partial charge is 0.385 e. The Morgan fingerprint density at radius 1 is 0.700 bits per heavy atom. The van der Waals surface area contributed by atoms with Gasteiger partial charge in [0, 0.05) is 13.2 Å². The molecule has 0 aliphatic carbocycles. The molecule has 122 valence electrons. The lowest BCUT2D eigenvalue weighted by atomic mass is 10.0. The number of hydrogen-bond acceptors (Lipinski definition) is 3. The first-order valence-corrected chi connectivity index (χ1v) is 8.56. The predicted octanol–water partition coefficient (Wildman–Crippen LogP) is 4.32. The molecular formula is C17H36O3. The van der Waals surface area contributed by atoms with Crippen LogP contribution in [0.5, 0.6) is 0 Å². The van der Waals surface area contributed by atoms with Crippen molar-refractivity contribution in [1.29, 1.82) is 0 Å². The average Bonchev–Trinajstić information content (AvgIpc) is 2.46. The van der Waals surface area contributed by atoms with Crippen LogP contribution < -0.4 is 0 Å². The van der Waals surface area contributed by atoms with Crippen LogP contribution in [0.4, 0.5) is 0 Å². The van der Waals surface area contributed by atoms with E-state index in [1.807, 2.05) is 6.92 Å². The van der Waals surface area contributed by atoms with Gasteiger partial charge in [0.25, 0.3) is 0 Å². The molecule has 3 heteroatoms. The molecule has 0 rings (SSSR count).